The van der Waals surface area contributed by atoms with Crippen LogP contribution in [0.4, 0.5) is 0 Å². The highest BCUT2D eigenvalue weighted by Crippen LogP contribution is 2.16. The van der Waals surface area contributed by atoms with Crippen LogP contribution in [0, 0.1) is 0 Å². The van der Waals surface area contributed by atoms with Crippen molar-refractivity contribution >= 4 is 17.9 Å². The molecule has 0 bridgehead atoms. The molecule has 0 aromatic carbocycles. The quantitative estimate of drug-likeness (QED) is 0.0261. The molecule has 75 heavy (non-hydrogen) atoms. The fraction of sp³-hybridized carbons (Fsp3) is 0.754. The lowest BCUT2D eigenvalue weighted by Crippen LogP contribution is -2.30. The van der Waals surface area contributed by atoms with Crippen molar-refractivity contribution in [3.05, 3.63) is 85.1 Å². The largest absolute Gasteiger partial charge is 0.462 e. The number of ether oxygens (including phenoxy) is 3. The molecule has 1 unspecified atom stereocenters. The lowest BCUT2D eigenvalue weighted by Gasteiger charge is -2.18. The standard InChI is InChI=1S/C69H120O6/c1-4-7-10-13-16-19-21-23-25-27-29-31-33-34-36-37-39-41-43-45-47-50-53-56-59-62-68(71)74-65-66(64-73-67(70)61-58-55-52-49-18-15-12-9-6-3)75-69(72)63-60-57-54-51-48-46-44-42-40-38-35-32-30-28-26-24-22-20-17-14-11-8-5-2/h8,11,17,20-21,23-24,26-27,29-30,32,38,40,66H,4-7,9-10,12-16,18-19,22,25,28,31,33-37,39,41-65H2,1-3H3/b11-8-,20-17-,23-21-,26-24-,29-27-,32-30-,40-38-. The van der Waals surface area contributed by atoms with Crippen molar-refractivity contribution in [2.75, 3.05) is 13.2 Å². The Bertz CT molecular complexity index is 1430. The lowest BCUT2D eigenvalue weighted by molar-refractivity contribution is -0.167. The minimum Gasteiger partial charge on any atom is -0.462 e. The van der Waals surface area contributed by atoms with E-state index in [0.717, 1.165) is 103 Å². The first kappa shape index (κ1) is 71.6. The summed E-state index contributed by atoms with van der Waals surface area (Å²) < 4.78 is 16.9. The molecule has 0 saturated carbocycles. The SMILES string of the molecule is CC/C=C\C/C=C\C/C=C\C/C=C\C/C=C\CCCCCCCCCC(=O)OC(COC(=O)CCCCCCCCCCC)COC(=O)CCCCCCCCCCCCCCC/C=C\C/C=C\CCCCCCC. The number of hydrogen-bond acceptors (Lipinski definition) is 6. The molecule has 6 nitrogen and oxygen atoms in total. The van der Waals surface area contributed by atoms with Crippen molar-refractivity contribution in [3.8, 4) is 0 Å². The van der Waals surface area contributed by atoms with Crippen LogP contribution in [0.2, 0.25) is 0 Å². The van der Waals surface area contributed by atoms with Gasteiger partial charge in [-0.05, 0) is 96.3 Å². The van der Waals surface area contributed by atoms with E-state index >= 15 is 0 Å². The van der Waals surface area contributed by atoms with Gasteiger partial charge < -0.3 is 14.2 Å². The first-order chi connectivity index (χ1) is 37.0. The Morgan fingerprint density at radius 2 is 0.520 bits per heavy atom. The summed E-state index contributed by atoms with van der Waals surface area (Å²) in [6.07, 6.45) is 83.1. The lowest BCUT2D eigenvalue weighted by atomic mass is 10.0. The third-order valence-electron chi connectivity index (χ3n) is 13.9. The first-order valence-corrected chi connectivity index (χ1v) is 32.1. The fourth-order valence-corrected chi connectivity index (χ4v) is 9.09. The van der Waals surface area contributed by atoms with Crippen molar-refractivity contribution in [1.82, 2.24) is 0 Å². The van der Waals surface area contributed by atoms with Crippen molar-refractivity contribution in [2.24, 2.45) is 0 Å². The predicted octanol–water partition coefficient (Wildman–Crippen LogP) is 21.9. The Morgan fingerprint density at radius 1 is 0.280 bits per heavy atom. The minimum atomic E-state index is -0.781. The summed E-state index contributed by atoms with van der Waals surface area (Å²) in [6.45, 7) is 6.52. The van der Waals surface area contributed by atoms with E-state index in [9.17, 15) is 14.4 Å². The second kappa shape index (κ2) is 63.1. The number of allylic oxidation sites excluding steroid dienone is 14. The smallest absolute Gasteiger partial charge is 0.306 e. The fourth-order valence-electron chi connectivity index (χ4n) is 9.09. The van der Waals surface area contributed by atoms with E-state index < -0.39 is 6.10 Å². The van der Waals surface area contributed by atoms with Gasteiger partial charge in [0.25, 0.3) is 0 Å². The molecule has 0 radical (unpaired) electrons. The molecule has 0 amide bonds. The molecule has 0 heterocycles. The Hall–Kier alpha value is -3.41. The Labute approximate surface area is 465 Å². The Morgan fingerprint density at radius 3 is 0.813 bits per heavy atom. The van der Waals surface area contributed by atoms with Gasteiger partial charge in [0.15, 0.2) is 6.10 Å². The summed E-state index contributed by atoms with van der Waals surface area (Å²) in [6, 6.07) is 0. The van der Waals surface area contributed by atoms with Crippen molar-refractivity contribution < 1.29 is 28.6 Å². The number of hydrogen-bond donors (Lipinski definition) is 0. The average molecular weight is 1050 g/mol. The van der Waals surface area contributed by atoms with Gasteiger partial charge >= 0.3 is 17.9 Å². The van der Waals surface area contributed by atoms with Crippen LogP contribution < -0.4 is 0 Å². The van der Waals surface area contributed by atoms with E-state index in [1.165, 1.54) is 173 Å². The van der Waals surface area contributed by atoms with Crippen LogP contribution in [0.3, 0.4) is 0 Å². The molecule has 0 N–H and O–H groups in total. The number of rotatable bonds is 58. The molecule has 0 saturated heterocycles. The van der Waals surface area contributed by atoms with Gasteiger partial charge in [0, 0.05) is 19.3 Å². The minimum absolute atomic E-state index is 0.0788. The van der Waals surface area contributed by atoms with E-state index in [-0.39, 0.29) is 31.1 Å². The zero-order valence-electron chi connectivity index (χ0n) is 49.6. The molecule has 0 aliphatic rings. The van der Waals surface area contributed by atoms with Crippen LogP contribution in [0.25, 0.3) is 0 Å². The van der Waals surface area contributed by atoms with E-state index in [1.807, 2.05) is 0 Å². The van der Waals surface area contributed by atoms with Gasteiger partial charge in [-0.3, -0.25) is 14.4 Å². The van der Waals surface area contributed by atoms with Gasteiger partial charge in [-0.2, -0.15) is 0 Å². The molecule has 432 valence electrons. The highest BCUT2D eigenvalue weighted by Gasteiger charge is 2.19. The summed E-state index contributed by atoms with van der Waals surface area (Å²) in [7, 11) is 0. The molecular weight excluding hydrogens is 925 g/mol. The summed E-state index contributed by atoms with van der Waals surface area (Å²) >= 11 is 0. The Balaban J connectivity index is 4.23. The van der Waals surface area contributed by atoms with E-state index in [1.54, 1.807) is 0 Å². The number of carbonyl (C=O) groups excluding carboxylic acids is 3. The maximum Gasteiger partial charge on any atom is 0.306 e. The number of unbranched alkanes of at least 4 members (excludes halogenated alkanes) is 33. The molecule has 0 aromatic heterocycles. The summed E-state index contributed by atoms with van der Waals surface area (Å²) in [4.78, 5) is 38.2. The first-order valence-electron chi connectivity index (χ1n) is 32.1. The van der Waals surface area contributed by atoms with Crippen molar-refractivity contribution in [2.45, 2.75) is 322 Å². The van der Waals surface area contributed by atoms with Gasteiger partial charge in [0.2, 0.25) is 0 Å². The van der Waals surface area contributed by atoms with Gasteiger partial charge in [-0.25, -0.2) is 0 Å². The summed E-state index contributed by atoms with van der Waals surface area (Å²) in [5.41, 5.74) is 0. The maximum atomic E-state index is 12.9. The monoisotopic (exact) mass is 1040 g/mol. The highest BCUT2D eigenvalue weighted by atomic mass is 16.6. The molecule has 0 aromatic rings. The van der Waals surface area contributed by atoms with Crippen LogP contribution in [-0.2, 0) is 28.6 Å². The van der Waals surface area contributed by atoms with Crippen LogP contribution in [0.5, 0.6) is 0 Å². The van der Waals surface area contributed by atoms with E-state index in [4.69, 9.17) is 14.2 Å². The van der Waals surface area contributed by atoms with Crippen LogP contribution in [0.1, 0.15) is 316 Å². The highest BCUT2D eigenvalue weighted by molar-refractivity contribution is 5.71. The molecule has 6 heteroatoms. The van der Waals surface area contributed by atoms with Crippen LogP contribution in [0.15, 0.2) is 85.1 Å². The van der Waals surface area contributed by atoms with Gasteiger partial charge in [-0.1, -0.05) is 286 Å². The molecule has 0 spiro atoms. The van der Waals surface area contributed by atoms with Crippen molar-refractivity contribution in [3.63, 3.8) is 0 Å². The maximum absolute atomic E-state index is 12.9. The molecular formula is C69H120O6. The summed E-state index contributed by atoms with van der Waals surface area (Å²) in [5.74, 6) is -0.882. The molecule has 1 atom stereocenters. The second-order valence-electron chi connectivity index (χ2n) is 21.3. The van der Waals surface area contributed by atoms with Gasteiger partial charge in [0.1, 0.15) is 13.2 Å². The second-order valence-corrected chi connectivity index (χ2v) is 21.3. The van der Waals surface area contributed by atoms with E-state index in [2.05, 4.69) is 106 Å². The molecule has 0 fully saturated rings. The summed E-state index contributed by atoms with van der Waals surface area (Å²) in [5, 5.41) is 0. The predicted molar refractivity (Wildman–Crippen MR) is 325 cm³/mol. The molecule has 0 aliphatic heterocycles. The van der Waals surface area contributed by atoms with Crippen LogP contribution >= 0.6 is 0 Å². The van der Waals surface area contributed by atoms with E-state index in [0.29, 0.717) is 19.3 Å². The Kier molecular flexibility index (Phi) is 60.3. The molecule has 0 aliphatic carbocycles. The number of carbonyl (C=O) groups is 3. The number of esters is 3. The normalized spacial score (nSPS) is 12.6. The third kappa shape index (κ3) is 61.3. The average Bonchev–Trinajstić information content (AvgIpc) is 3.41. The van der Waals surface area contributed by atoms with Gasteiger partial charge in [-0.15, -0.1) is 0 Å². The topological polar surface area (TPSA) is 78.9 Å². The van der Waals surface area contributed by atoms with Crippen molar-refractivity contribution in [1.29, 1.82) is 0 Å². The zero-order chi connectivity index (χ0) is 54.3. The van der Waals surface area contributed by atoms with Gasteiger partial charge in [0.05, 0.1) is 0 Å². The zero-order valence-corrected chi connectivity index (χ0v) is 49.6. The van der Waals surface area contributed by atoms with Crippen LogP contribution in [-0.4, -0.2) is 37.2 Å². The third-order valence-corrected chi connectivity index (χ3v) is 13.9. The molecule has 0 rings (SSSR count).